The summed E-state index contributed by atoms with van der Waals surface area (Å²) in [6.07, 6.45) is 9.26. The highest BCUT2D eigenvalue weighted by Gasteiger charge is 2.09. The van der Waals surface area contributed by atoms with Gasteiger partial charge in [-0.3, -0.25) is 4.99 Å². The predicted molar refractivity (Wildman–Crippen MR) is 36.4 cm³/mol. The highest BCUT2D eigenvalue weighted by Crippen LogP contribution is 2.06. The van der Waals surface area contributed by atoms with E-state index in [1.54, 1.807) is 12.3 Å². The van der Waals surface area contributed by atoms with Crippen molar-refractivity contribution in [2.75, 3.05) is 0 Å². The van der Waals surface area contributed by atoms with E-state index in [0.717, 1.165) is 17.8 Å². The summed E-state index contributed by atoms with van der Waals surface area (Å²) in [5.41, 5.74) is 2.01. The van der Waals surface area contributed by atoms with Crippen LogP contribution in [0.1, 0.15) is 6.42 Å². The second-order valence-corrected chi connectivity index (χ2v) is 1.94. The Kier molecular flexibility index (Phi) is 0.859. The molecule has 0 bridgehead atoms. The SMILES string of the molecule is [C]1=CC2=NC=CCC2=N1. The van der Waals surface area contributed by atoms with E-state index in [9.17, 15) is 0 Å². The van der Waals surface area contributed by atoms with Gasteiger partial charge < -0.3 is 0 Å². The summed E-state index contributed by atoms with van der Waals surface area (Å²) in [5.74, 6) is 0. The molecular weight excluding hydrogens is 112 g/mol. The van der Waals surface area contributed by atoms with Crippen molar-refractivity contribution in [3.63, 3.8) is 0 Å². The van der Waals surface area contributed by atoms with Gasteiger partial charge in [0.25, 0.3) is 0 Å². The second kappa shape index (κ2) is 1.65. The molecule has 0 aromatic heterocycles. The molecule has 0 saturated carbocycles. The number of rotatable bonds is 0. The Bertz CT molecular complexity index is 244. The maximum absolute atomic E-state index is 4.08. The van der Waals surface area contributed by atoms with Crippen LogP contribution < -0.4 is 0 Å². The van der Waals surface area contributed by atoms with Crippen LogP contribution >= 0.6 is 0 Å². The number of fused-ring (bicyclic) bond motifs is 1. The Balaban J connectivity index is 2.46. The van der Waals surface area contributed by atoms with Crippen LogP contribution in [-0.2, 0) is 0 Å². The largest absolute Gasteiger partial charge is 0.255 e. The molecule has 0 aromatic rings. The molecule has 2 aliphatic heterocycles. The molecular formula is C7H5N2. The Morgan fingerprint density at radius 3 is 3.44 bits per heavy atom. The Morgan fingerprint density at radius 1 is 1.56 bits per heavy atom. The molecule has 0 amide bonds. The van der Waals surface area contributed by atoms with Gasteiger partial charge in [0, 0.05) is 12.6 Å². The second-order valence-electron chi connectivity index (χ2n) is 1.94. The number of hydrogen-bond donors (Lipinski definition) is 0. The smallest absolute Gasteiger partial charge is 0.0913 e. The van der Waals surface area contributed by atoms with Gasteiger partial charge in [0.05, 0.1) is 17.6 Å². The van der Waals surface area contributed by atoms with Crippen LogP contribution in [0.25, 0.3) is 0 Å². The van der Waals surface area contributed by atoms with Crippen molar-refractivity contribution >= 4 is 11.4 Å². The van der Waals surface area contributed by atoms with Crippen LogP contribution in [0.15, 0.2) is 28.3 Å². The fourth-order valence-corrected chi connectivity index (χ4v) is 0.871. The molecule has 2 rings (SSSR count). The van der Waals surface area contributed by atoms with Crippen molar-refractivity contribution < 1.29 is 0 Å². The zero-order valence-electron chi connectivity index (χ0n) is 4.83. The third kappa shape index (κ3) is 0.633. The van der Waals surface area contributed by atoms with Crippen LogP contribution in [0.5, 0.6) is 0 Å². The average Bonchev–Trinajstić information content (AvgIpc) is 2.33. The summed E-state index contributed by atoms with van der Waals surface area (Å²) in [6.45, 7) is 0. The third-order valence-electron chi connectivity index (χ3n) is 1.33. The molecule has 2 heteroatoms. The van der Waals surface area contributed by atoms with Gasteiger partial charge in [-0.05, 0) is 6.08 Å². The molecule has 0 aliphatic carbocycles. The molecule has 0 unspecified atom stereocenters. The van der Waals surface area contributed by atoms with E-state index < -0.39 is 0 Å². The minimum atomic E-state index is 0.905. The lowest BCUT2D eigenvalue weighted by Gasteiger charge is -1.99. The van der Waals surface area contributed by atoms with Gasteiger partial charge >= 0.3 is 0 Å². The Hall–Kier alpha value is -1.18. The maximum atomic E-state index is 4.08. The molecule has 0 saturated heterocycles. The van der Waals surface area contributed by atoms with E-state index in [0.29, 0.717) is 0 Å². The first kappa shape index (κ1) is 4.68. The minimum Gasteiger partial charge on any atom is -0.255 e. The van der Waals surface area contributed by atoms with Gasteiger partial charge in [0.2, 0.25) is 0 Å². The molecule has 43 valence electrons. The van der Waals surface area contributed by atoms with Gasteiger partial charge in [0.1, 0.15) is 0 Å². The zero-order chi connectivity index (χ0) is 6.10. The minimum absolute atomic E-state index is 0.905. The van der Waals surface area contributed by atoms with Crippen molar-refractivity contribution in [1.82, 2.24) is 0 Å². The van der Waals surface area contributed by atoms with Crippen LogP contribution in [0.2, 0.25) is 0 Å². The van der Waals surface area contributed by atoms with Crippen molar-refractivity contribution in [1.29, 1.82) is 0 Å². The van der Waals surface area contributed by atoms with Crippen molar-refractivity contribution in [2.24, 2.45) is 9.98 Å². The van der Waals surface area contributed by atoms with E-state index in [2.05, 4.69) is 16.2 Å². The molecule has 0 spiro atoms. The topological polar surface area (TPSA) is 24.7 Å². The molecule has 0 aromatic carbocycles. The molecule has 1 radical (unpaired) electrons. The van der Waals surface area contributed by atoms with Crippen LogP contribution in [0, 0.1) is 6.20 Å². The molecule has 0 atom stereocenters. The standard InChI is InChI=1S/C7H5N2/c1-2-6-7(8-4-1)3-5-9-6/h1,3-4H,2H2. The van der Waals surface area contributed by atoms with Crippen molar-refractivity contribution in [3.05, 3.63) is 24.6 Å². The summed E-state index contributed by atoms with van der Waals surface area (Å²) < 4.78 is 0. The normalized spacial score (nSPS) is 21.3. The van der Waals surface area contributed by atoms with Gasteiger partial charge in [-0.1, -0.05) is 6.08 Å². The summed E-state index contributed by atoms with van der Waals surface area (Å²) in [7, 11) is 0. The molecule has 0 fully saturated rings. The number of aliphatic imine (C=N–C) groups is 2. The van der Waals surface area contributed by atoms with E-state index in [-0.39, 0.29) is 0 Å². The van der Waals surface area contributed by atoms with Crippen molar-refractivity contribution in [2.45, 2.75) is 6.42 Å². The summed E-state index contributed by atoms with van der Waals surface area (Å²) >= 11 is 0. The highest BCUT2D eigenvalue weighted by molar-refractivity contribution is 6.48. The monoisotopic (exact) mass is 117 g/mol. The molecule has 0 N–H and O–H groups in total. The fraction of sp³-hybridized carbons (Fsp3) is 0.143. The lowest BCUT2D eigenvalue weighted by molar-refractivity contribution is 1.38. The summed E-state index contributed by atoms with van der Waals surface area (Å²) in [4.78, 5) is 8.07. The fourth-order valence-electron chi connectivity index (χ4n) is 0.871. The van der Waals surface area contributed by atoms with Crippen LogP contribution in [-0.4, -0.2) is 11.4 Å². The van der Waals surface area contributed by atoms with Crippen LogP contribution in [0.3, 0.4) is 0 Å². The number of nitrogens with zero attached hydrogens (tertiary/aromatic N) is 2. The van der Waals surface area contributed by atoms with E-state index in [4.69, 9.17) is 0 Å². The van der Waals surface area contributed by atoms with Crippen molar-refractivity contribution in [3.8, 4) is 0 Å². The van der Waals surface area contributed by atoms with E-state index in [1.165, 1.54) is 0 Å². The molecule has 2 nitrogen and oxygen atoms in total. The molecule has 2 aliphatic rings. The van der Waals surface area contributed by atoms with E-state index >= 15 is 0 Å². The third-order valence-corrected chi connectivity index (χ3v) is 1.33. The zero-order valence-corrected chi connectivity index (χ0v) is 4.83. The van der Waals surface area contributed by atoms with Gasteiger partial charge in [0.15, 0.2) is 0 Å². The first-order valence-electron chi connectivity index (χ1n) is 2.85. The lowest BCUT2D eigenvalue weighted by Crippen LogP contribution is -2.08. The van der Waals surface area contributed by atoms with E-state index in [1.807, 2.05) is 6.08 Å². The Morgan fingerprint density at radius 2 is 2.56 bits per heavy atom. The van der Waals surface area contributed by atoms with Gasteiger partial charge in [-0.2, -0.15) is 0 Å². The van der Waals surface area contributed by atoms with Gasteiger partial charge in [-0.25, -0.2) is 4.99 Å². The predicted octanol–water partition coefficient (Wildman–Crippen LogP) is 1.12. The maximum Gasteiger partial charge on any atom is 0.0913 e. The first-order valence-corrected chi connectivity index (χ1v) is 2.85. The summed E-state index contributed by atoms with van der Waals surface area (Å²) in [5, 5.41) is 0. The first-order chi connectivity index (χ1) is 4.47. The average molecular weight is 117 g/mol. The number of hydrogen-bond acceptors (Lipinski definition) is 2. The lowest BCUT2D eigenvalue weighted by atomic mass is 10.1. The highest BCUT2D eigenvalue weighted by atomic mass is 14.8. The van der Waals surface area contributed by atoms with Crippen LogP contribution in [0.4, 0.5) is 0 Å². The number of allylic oxidation sites excluding steroid dienone is 2. The Labute approximate surface area is 53.3 Å². The van der Waals surface area contributed by atoms with Gasteiger partial charge in [-0.15, -0.1) is 0 Å². The quantitative estimate of drug-likeness (QED) is 0.454. The summed E-state index contributed by atoms with van der Waals surface area (Å²) in [6, 6.07) is 0. The molecule has 2 heterocycles. The molecule has 9 heavy (non-hydrogen) atoms.